The summed E-state index contributed by atoms with van der Waals surface area (Å²) in [7, 11) is -3.71. The van der Waals surface area contributed by atoms with Gasteiger partial charge in [-0.05, 0) is 35.7 Å². The van der Waals surface area contributed by atoms with Crippen molar-refractivity contribution in [3.05, 3.63) is 96.1 Å². The quantitative estimate of drug-likeness (QED) is 0.450. The lowest BCUT2D eigenvalue weighted by Crippen LogP contribution is -2.25. The van der Waals surface area contributed by atoms with Crippen molar-refractivity contribution < 1.29 is 13.2 Å². The molecule has 0 aromatic heterocycles. The third-order valence-corrected chi connectivity index (χ3v) is 6.08. The Morgan fingerprint density at radius 1 is 0.871 bits per heavy atom. The zero-order chi connectivity index (χ0) is 21.4. The lowest BCUT2D eigenvalue weighted by Gasteiger charge is -2.14. The van der Waals surface area contributed by atoms with E-state index in [0.717, 1.165) is 5.56 Å². The number of amides is 1. The maximum absolute atomic E-state index is 12.6. The minimum absolute atomic E-state index is 0. The van der Waals surface area contributed by atoms with E-state index in [-0.39, 0.29) is 42.2 Å². The Balaban J connectivity index is 0.00000341. The van der Waals surface area contributed by atoms with Crippen LogP contribution < -0.4 is 15.8 Å². The smallest absolute Gasteiger partial charge is 0.261 e. The Hall–Kier alpha value is -2.87. The fraction of sp³-hybridized carbons (Fsp3) is 0.174. The van der Waals surface area contributed by atoms with Gasteiger partial charge in [0.1, 0.15) is 0 Å². The van der Waals surface area contributed by atoms with Gasteiger partial charge in [-0.3, -0.25) is 9.52 Å². The molecule has 0 aliphatic rings. The number of carbonyl (C=O) groups is 1. The van der Waals surface area contributed by atoms with Crippen molar-refractivity contribution in [1.29, 1.82) is 0 Å². The lowest BCUT2D eigenvalue weighted by atomic mass is 10.0. The zero-order valence-corrected chi connectivity index (χ0v) is 18.5. The Morgan fingerprint density at radius 2 is 1.45 bits per heavy atom. The van der Waals surface area contributed by atoms with Crippen molar-refractivity contribution in [2.24, 2.45) is 5.73 Å². The first-order valence-corrected chi connectivity index (χ1v) is 11.2. The molecule has 0 spiro atoms. The van der Waals surface area contributed by atoms with Crippen LogP contribution in [-0.2, 0) is 21.4 Å². The average molecular weight is 460 g/mol. The minimum atomic E-state index is -3.71. The molecule has 1 unspecified atom stereocenters. The van der Waals surface area contributed by atoms with Gasteiger partial charge in [-0.15, -0.1) is 12.4 Å². The van der Waals surface area contributed by atoms with Gasteiger partial charge in [-0.1, -0.05) is 66.7 Å². The molecule has 4 N–H and O–H groups in total. The van der Waals surface area contributed by atoms with Crippen LogP contribution in [0.3, 0.4) is 0 Å². The average Bonchev–Trinajstić information content (AvgIpc) is 2.78. The number of rotatable bonds is 9. The molecule has 0 saturated heterocycles. The largest absolute Gasteiger partial charge is 0.352 e. The third-order valence-electron chi connectivity index (χ3n) is 4.70. The summed E-state index contributed by atoms with van der Waals surface area (Å²) in [6.45, 7) is 0.215. The van der Waals surface area contributed by atoms with Crippen LogP contribution in [0.4, 0.5) is 5.69 Å². The monoisotopic (exact) mass is 459 g/mol. The standard InChI is InChI=1S/C23H25N3O3S.ClH/c24-21(18-9-3-1-4-10-18)15-16-23(27)25-17-19-11-7-8-14-22(19)26-30(28,29)20-12-5-2-6-13-20;/h1-14,21,26H,15-17,24H2,(H,25,27);1H. The summed E-state index contributed by atoms with van der Waals surface area (Å²) in [5.74, 6) is -0.137. The molecule has 1 amide bonds. The highest BCUT2D eigenvalue weighted by Gasteiger charge is 2.16. The number of carbonyl (C=O) groups excluding carboxylic acids is 1. The summed E-state index contributed by atoms with van der Waals surface area (Å²) in [4.78, 5) is 12.4. The number of halogens is 1. The SMILES string of the molecule is Cl.NC(CCC(=O)NCc1ccccc1NS(=O)(=O)c1ccccc1)c1ccccc1. The van der Waals surface area contributed by atoms with E-state index in [9.17, 15) is 13.2 Å². The van der Waals surface area contributed by atoms with Crippen LogP contribution in [-0.4, -0.2) is 14.3 Å². The number of sulfonamides is 1. The van der Waals surface area contributed by atoms with Crippen LogP contribution in [0.1, 0.15) is 30.0 Å². The summed E-state index contributed by atoms with van der Waals surface area (Å²) in [5, 5.41) is 2.84. The predicted octanol–water partition coefficient (Wildman–Crippen LogP) is 4.01. The lowest BCUT2D eigenvalue weighted by molar-refractivity contribution is -0.121. The van der Waals surface area contributed by atoms with Crippen LogP contribution in [0.5, 0.6) is 0 Å². The third kappa shape index (κ3) is 7.10. The Labute approximate surface area is 189 Å². The molecule has 0 aliphatic heterocycles. The first-order chi connectivity index (χ1) is 14.5. The highest BCUT2D eigenvalue weighted by atomic mass is 35.5. The van der Waals surface area contributed by atoms with Gasteiger partial charge >= 0.3 is 0 Å². The molecule has 3 aromatic rings. The number of para-hydroxylation sites is 1. The number of benzene rings is 3. The summed E-state index contributed by atoms with van der Waals surface area (Å²) in [6, 6.07) is 24.6. The summed E-state index contributed by atoms with van der Waals surface area (Å²) < 4.78 is 27.8. The number of nitrogens with one attached hydrogen (secondary N) is 2. The molecular weight excluding hydrogens is 434 g/mol. The maximum Gasteiger partial charge on any atom is 0.261 e. The molecule has 0 aliphatic carbocycles. The topological polar surface area (TPSA) is 101 Å². The van der Waals surface area contributed by atoms with Gasteiger partial charge in [0.25, 0.3) is 10.0 Å². The molecule has 3 aromatic carbocycles. The number of anilines is 1. The fourth-order valence-corrected chi connectivity index (χ4v) is 4.13. The van der Waals surface area contributed by atoms with E-state index in [1.54, 1.807) is 42.5 Å². The van der Waals surface area contributed by atoms with Crippen molar-refractivity contribution in [2.45, 2.75) is 30.3 Å². The van der Waals surface area contributed by atoms with Gasteiger partial charge in [-0.2, -0.15) is 0 Å². The molecule has 0 fully saturated rings. The molecule has 0 radical (unpaired) electrons. The molecule has 164 valence electrons. The van der Waals surface area contributed by atoms with Crippen molar-refractivity contribution >= 4 is 34.0 Å². The molecule has 3 rings (SSSR count). The Morgan fingerprint density at radius 3 is 2.13 bits per heavy atom. The number of hydrogen-bond acceptors (Lipinski definition) is 4. The molecule has 8 heteroatoms. The second-order valence-corrected chi connectivity index (χ2v) is 8.59. The van der Waals surface area contributed by atoms with E-state index in [0.29, 0.717) is 17.7 Å². The van der Waals surface area contributed by atoms with E-state index in [1.807, 2.05) is 30.3 Å². The first-order valence-electron chi connectivity index (χ1n) is 9.69. The van der Waals surface area contributed by atoms with Gasteiger partial charge in [0.15, 0.2) is 0 Å². The number of hydrogen-bond donors (Lipinski definition) is 3. The Kier molecular flexibility index (Phi) is 9.05. The molecule has 0 saturated carbocycles. The fourth-order valence-electron chi connectivity index (χ4n) is 3.01. The van der Waals surface area contributed by atoms with Crippen molar-refractivity contribution in [3.8, 4) is 0 Å². The van der Waals surface area contributed by atoms with E-state index >= 15 is 0 Å². The van der Waals surface area contributed by atoms with Crippen LogP contribution in [0.15, 0.2) is 89.8 Å². The summed E-state index contributed by atoms with van der Waals surface area (Å²) in [5.41, 5.74) is 8.25. The zero-order valence-electron chi connectivity index (χ0n) is 16.9. The second-order valence-electron chi connectivity index (χ2n) is 6.91. The summed E-state index contributed by atoms with van der Waals surface area (Å²) >= 11 is 0. The van der Waals surface area contributed by atoms with Gasteiger partial charge in [0.2, 0.25) is 5.91 Å². The normalized spacial score (nSPS) is 11.8. The highest BCUT2D eigenvalue weighted by Crippen LogP contribution is 2.20. The van der Waals surface area contributed by atoms with Gasteiger partial charge < -0.3 is 11.1 Å². The first kappa shape index (κ1) is 24.4. The molecular formula is C23H26ClN3O3S. The van der Waals surface area contributed by atoms with Gasteiger partial charge in [0, 0.05) is 19.0 Å². The summed E-state index contributed by atoms with van der Waals surface area (Å²) in [6.07, 6.45) is 0.812. The van der Waals surface area contributed by atoms with Crippen molar-refractivity contribution in [1.82, 2.24) is 5.32 Å². The van der Waals surface area contributed by atoms with Crippen LogP contribution in [0.2, 0.25) is 0 Å². The maximum atomic E-state index is 12.6. The Bertz CT molecular complexity index is 1080. The number of nitrogens with two attached hydrogens (primary N) is 1. The highest BCUT2D eigenvalue weighted by molar-refractivity contribution is 7.92. The van der Waals surface area contributed by atoms with E-state index in [1.165, 1.54) is 12.1 Å². The molecule has 0 bridgehead atoms. The molecule has 6 nitrogen and oxygen atoms in total. The molecule has 0 heterocycles. The second kappa shape index (κ2) is 11.5. The van der Waals surface area contributed by atoms with Crippen LogP contribution in [0.25, 0.3) is 0 Å². The minimum Gasteiger partial charge on any atom is -0.352 e. The van der Waals surface area contributed by atoms with Crippen molar-refractivity contribution in [3.63, 3.8) is 0 Å². The van der Waals surface area contributed by atoms with E-state index in [4.69, 9.17) is 5.73 Å². The van der Waals surface area contributed by atoms with Gasteiger partial charge in [-0.25, -0.2) is 8.42 Å². The van der Waals surface area contributed by atoms with Gasteiger partial charge in [0.05, 0.1) is 10.6 Å². The van der Waals surface area contributed by atoms with Crippen LogP contribution in [0, 0.1) is 0 Å². The van der Waals surface area contributed by atoms with Crippen LogP contribution >= 0.6 is 12.4 Å². The molecule has 31 heavy (non-hydrogen) atoms. The predicted molar refractivity (Wildman–Crippen MR) is 125 cm³/mol. The molecule has 1 atom stereocenters. The van der Waals surface area contributed by atoms with E-state index < -0.39 is 10.0 Å². The van der Waals surface area contributed by atoms with Crippen molar-refractivity contribution in [2.75, 3.05) is 4.72 Å². The van der Waals surface area contributed by atoms with E-state index in [2.05, 4.69) is 10.0 Å².